The second kappa shape index (κ2) is 5.85. The molecule has 0 saturated carbocycles. The Morgan fingerprint density at radius 3 is 2.30 bits per heavy atom. The lowest BCUT2D eigenvalue weighted by Gasteiger charge is -2.32. The summed E-state index contributed by atoms with van der Waals surface area (Å²) in [6, 6.07) is 10.3. The van der Waals surface area contributed by atoms with Gasteiger partial charge in [0.15, 0.2) is 0 Å². The fraction of sp³-hybridized carbons (Fsp3) is 0.412. The lowest BCUT2D eigenvalue weighted by molar-refractivity contribution is 0.00578. The van der Waals surface area contributed by atoms with Gasteiger partial charge < -0.3 is 13.7 Å². The van der Waals surface area contributed by atoms with E-state index >= 15 is 0 Å². The molecule has 0 aromatic heterocycles. The van der Waals surface area contributed by atoms with Crippen molar-refractivity contribution >= 4 is 45.6 Å². The minimum Gasteiger partial charge on any atom is -0.540 e. The molecule has 0 bridgehead atoms. The number of benzene rings is 2. The average molecular weight is 343 g/mol. The van der Waals surface area contributed by atoms with Crippen molar-refractivity contribution in [1.82, 2.24) is 0 Å². The highest BCUT2D eigenvalue weighted by Crippen LogP contribution is 2.38. The second-order valence-electron chi connectivity index (χ2n) is 6.76. The van der Waals surface area contributed by atoms with Crippen LogP contribution in [0.4, 0.5) is 0 Å². The largest absolute Gasteiger partial charge is 0.540 e. The molecule has 0 amide bonds. The third-order valence-electron chi connectivity index (χ3n) is 4.79. The van der Waals surface area contributed by atoms with E-state index in [0.717, 1.165) is 22.0 Å². The van der Waals surface area contributed by atoms with Gasteiger partial charge in [-0.25, -0.2) is 0 Å². The van der Waals surface area contributed by atoms with E-state index in [4.69, 9.17) is 13.7 Å². The first kappa shape index (κ1) is 16.9. The molecule has 3 nitrogen and oxygen atoms in total. The van der Waals surface area contributed by atoms with E-state index in [1.165, 1.54) is 4.90 Å². The summed E-state index contributed by atoms with van der Waals surface area (Å²) in [5.41, 5.74) is 0.256. The summed E-state index contributed by atoms with van der Waals surface area (Å²) in [6.07, 6.45) is 2.08. The molecule has 2 aromatic rings. The lowest BCUT2D eigenvalue weighted by Crippen LogP contribution is -2.41. The smallest absolute Gasteiger partial charge is 0.495 e. The molecule has 1 aliphatic rings. The van der Waals surface area contributed by atoms with Gasteiger partial charge in [-0.3, -0.25) is 0 Å². The zero-order valence-corrected chi connectivity index (χ0v) is 15.9. The quantitative estimate of drug-likeness (QED) is 0.631. The molecule has 0 atom stereocenters. The Balaban J connectivity index is 2.20. The Labute approximate surface area is 145 Å². The summed E-state index contributed by atoms with van der Waals surface area (Å²) in [7, 11) is 2.71. The number of hydrogen-bond acceptors (Lipinski definition) is 4. The zero-order chi connectivity index (χ0) is 16.8. The Morgan fingerprint density at radius 2 is 1.74 bits per heavy atom. The molecule has 6 heteroatoms. The molecule has 119 valence electrons. The van der Waals surface area contributed by atoms with Gasteiger partial charge in [0.1, 0.15) is 5.75 Å². The van der Waals surface area contributed by atoms with Crippen molar-refractivity contribution in [2.24, 2.45) is 0 Å². The molecular weight excluding hydrogens is 323 g/mol. The third-order valence-corrected chi connectivity index (χ3v) is 5.80. The second-order valence-corrected chi connectivity index (χ2v) is 7.81. The number of fused-ring (bicyclic) bond motifs is 1. The van der Waals surface area contributed by atoms with Gasteiger partial charge in [-0.15, -0.1) is 11.8 Å². The molecule has 1 aliphatic heterocycles. The van der Waals surface area contributed by atoms with Crippen LogP contribution < -0.4 is 9.89 Å². The summed E-state index contributed by atoms with van der Waals surface area (Å²) in [6.45, 7) is 8.26. The SMILES string of the molecule is CSc1cccc2cc(O[Si])cc(B3OC(C)(C)C(C)(C)O3)c12. The van der Waals surface area contributed by atoms with Crippen molar-refractivity contribution in [3.05, 3.63) is 30.3 Å². The molecule has 1 fully saturated rings. The van der Waals surface area contributed by atoms with Gasteiger partial charge in [0.2, 0.25) is 0 Å². The predicted molar refractivity (Wildman–Crippen MR) is 97.8 cm³/mol. The van der Waals surface area contributed by atoms with Crippen molar-refractivity contribution in [1.29, 1.82) is 0 Å². The summed E-state index contributed by atoms with van der Waals surface area (Å²) in [5, 5.41) is 2.27. The Morgan fingerprint density at radius 1 is 1.09 bits per heavy atom. The highest BCUT2D eigenvalue weighted by atomic mass is 32.2. The zero-order valence-electron chi connectivity index (χ0n) is 14.1. The maximum absolute atomic E-state index is 6.25. The van der Waals surface area contributed by atoms with Gasteiger partial charge >= 0.3 is 17.6 Å². The fourth-order valence-electron chi connectivity index (χ4n) is 2.78. The Bertz CT molecular complexity index is 732. The number of rotatable bonds is 3. The summed E-state index contributed by atoms with van der Waals surface area (Å²) >= 11 is 1.72. The average Bonchev–Trinajstić information content (AvgIpc) is 2.73. The maximum Gasteiger partial charge on any atom is 0.495 e. The standard InChI is InChI=1S/C17H20BO3SSi/c1-16(2)17(3,4)21-18(20-16)13-10-12(19-23)9-11-7-6-8-14(22-5)15(11)13/h6-10H,1-5H3. The number of hydrogen-bond donors (Lipinski definition) is 0. The van der Waals surface area contributed by atoms with Gasteiger partial charge in [0.25, 0.3) is 0 Å². The molecule has 23 heavy (non-hydrogen) atoms. The summed E-state index contributed by atoms with van der Waals surface area (Å²) in [5.74, 6) is 0.733. The first-order valence-corrected chi connectivity index (χ1v) is 9.22. The molecule has 2 aromatic carbocycles. The van der Waals surface area contributed by atoms with Crippen LogP contribution in [0.15, 0.2) is 35.2 Å². The first-order valence-electron chi connectivity index (χ1n) is 7.59. The van der Waals surface area contributed by atoms with Crippen LogP contribution in [-0.4, -0.2) is 35.1 Å². The van der Waals surface area contributed by atoms with Crippen LogP contribution in [0.25, 0.3) is 10.8 Å². The van der Waals surface area contributed by atoms with Crippen molar-refractivity contribution in [3.63, 3.8) is 0 Å². The van der Waals surface area contributed by atoms with Gasteiger partial charge in [0.05, 0.1) is 11.2 Å². The van der Waals surface area contributed by atoms with Crippen LogP contribution in [0, 0.1) is 0 Å². The van der Waals surface area contributed by atoms with Gasteiger partial charge in [0, 0.05) is 4.90 Å². The van der Waals surface area contributed by atoms with E-state index in [9.17, 15) is 0 Å². The van der Waals surface area contributed by atoms with E-state index in [2.05, 4.69) is 62.6 Å². The first-order chi connectivity index (χ1) is 10.8. The van der Waals surface area contributed by atoms with Crippen molar-refractivity contribution in [2.75, 3.05) is 6.26 Å². The highest BCUT2D eigenvalue weighted by molar-refractivity contribution is 7.98. The van der Waals surface area contributed by atoms with Gasteiger partial charge in [-0.2, -0.15) is 0 Å². The molecule has 0 spiro atoms. The molecular formula is C17H20BO3SSi. The topological polar surface area (TPSA) is 27.7 Å². The van der Waals surface area contributed by atoms with Gasteiger partial charge in [-0.05, 0) is 68.4 Å². The van der Waals surface area contributed by atoms with Gasteiger partial charge in [-0.1, -0.05) is 12.1 Å². The molecule has 0 aliphatic carbocycles. The third kappa shape index (κ3) is 2.82. The Hall–Kier alpha value is -0.948. The summed E-state index contributed by atoms with van der Waals surface area (Å²) < 4.78 is 17.8. The lowest BCUT2D eigenvalue weighted by atomic mass is 9.76. The highest BCUT2D eigenvalue weighted by Gasteiger charge is 2.52. The van der Waals surface area contributed by atoms with Crippen molar-refractivity contribution < 1.29 is 13.7 Å². The van der Waals surface area contributed by atoms with E-state index < -0.39 is 7.12 Å². The minimum atomic E-state index is -0.419. The molecule has 3 radical (unpaired) electrons. The molecule has 0 N–H and O–H groups in total. The minimum absolute atomic E-state index is 0.372. The molecule has 1 heterocycles. The Kier molecular flexibility index (Phi) is 4.29. The van der Waals surface area contributed by atoms with Crippen molar-refractivity contribution in [3.8, 4) is 5.75 Å². The maximum atomic E-state index is 6.25. The van der Waals surface area contributed by atoms with Crippen LogP contribution in [0.5, 0.6) is 5.75 Å². The van der Waals surface area contributed by atoms with Crippen LogP contribution in [0.3, 0.4) is 0 Å². The number of thioether (sulfide) groups is 1. The van der Waals surface area contributed by atoms with Crippen LogP contribution in [-0.2, 0) is 9.31 Å². The van der Waals surface area contributed by atoms with E-state index in [1.54, 1.807) is 11.8 Å². The van der Waals surface area contributed by atoms with Crippen molar-refractivity contribution in [2.45, 2.75) is 43.8 Å². The van der Waals surface area contributed by atoms with E-state index in [1.807, 2.05) is 12.1 Å². The van der Waals surface area contributed by atoms with Crippen LogP contribution in [0.1, 0.15) is 27.7 Å². The van der Waals surface area contributed by atoms with E-state index in [0.29, 0.717) is 0 Å². The summed E-state index contributed by atoms with van der Waals surface area (Å²) in [4.78, 5) is 1.20. The molecule has 1 saturated heterocycles. The monoisotopic (exact) mass is 343 g/mol. The normalized spacial score (nSPS) is 19.3. The van der Waals surface area contributed by atoms with Crippen LogP contribution in [0.2, 0.25) is 0 Å². The predicted octanol–water partition coefficient (Wildman–Crippen LogP) is 3.32. The molecule has 0 unspecified atom stereocenters. The molecule has 3 rings (SSSR count). The van der Waals surface area contributed by atoms with Crippen LogP contribution >= 0.6 is 11.8 Å². The fourth-order valence-corrected chi connectivity index (χ4v) is 3.55. The van der Waals surface area contributed by atoms with E-state index in [-0.39, 0.29) is 11.2 Å².